The molecule has 0 radical (unpaired) electrons. The van der Waals surface area contributed by atoms with Crippen LogP contribution in [-0.2, 0) is 4.74 Å². The van der Waals surface area contributed by atoms with E-state index >= 15 is 0 Å². The Hall–Kier alpha value is -4.24. The van der Waals surface area contributed by atoms with E-state index in [1.165, 1.54) is 7.11 Å². The molecule has 8 nitrogen and oxygen atoms in total. The molecule has 0 unspecified atom stereocenters. The minimum absolute atomic E-state index is 0.176. The maximum Gasteiger partial charge on any atom is 0.341 e. The molecule has 196 valence electrons. The van der Waals surface area contributed by atoms with Crippen molar-refractivity contribution in [2.45, 2.75) is 20.8 Å². The van der Waals surface area contributed by atoms with Gasteiger partial charge in [0.1, 0.15) is 10.8 Å². The number of pyridine rings is 1. The number of fused-ring (bicyclic) bond motifs is 1. The average Bonchev–Trinajstić information content (AvgIpc) is 3.27. The third-order valence-corrected chi connectivity index (χ3v) is 7.55. The number of thiophene rings is 1. The summed E-state index contributed by atoms with van der Waals surface area (Å²) >= 11 is 1.08. The van der Waals surface area contributed by atoms with Crippen molar-refractivity contribution in [2.24, 2.45) is 0 Å². The molecule has 38 heavy (non-hydrogen) atoms. The molecule has 2 aromatic heterocycles. The number of carbonyl (C=O) groups is 3. The van der Waals surface area contributed by atoms with Crippen LogP contribution in [0.4, 0.5) is 5.00 Å². The molecular weight excluding hydrogens is 502 g/mol. The lowest BCUT2D eigenvalue weighted by Gasteiger charge is -2.17. The Kier molecular flexibility index (Phi) is 8.07. The molecule has 0 bridgehead atoms. The predicted octanol–water partition coefficient (Wildman–Crippen LogP) is 5.80. The maximum atomic E-state index is 13.7. The first-order chi connectivity index (χ1) is 18.3. The number of nitrogens with zero attached hydrogens (tertiary/aromatic N) is 2. The van der Waals surface area contributed by atoms with E-state index < -0.39 is 11.9 Å². The zero-order valence-electron chi connectivity index (χ0n) is 22.0. The van der Waals surface area contributed by atoms with Gasteiger partial charge in [0.2, 0.25) is 0 Å². The van der Waals surface area contributed by atoms with E-state index in [9.17, 15) is 14.4 Å². The van der Waals surface area contributed by atoms with Crippen LogP contribution in [0, 0.1) is 6.92 Å². The van der Waals surface area contributed by atoms with Gasteiger partial charge in [-0.05, 0) is 62.7 Å². The van der Waals surface area contributed by atoms with E-state index in [0.717, 1.165) is 16.9 Å². The second-order valence-electron chi connectivity index (χ2n) is 8.48. The molecule has 0 atom stereocenters. The standard InChI is InChI=1S/C29H29N3O5S/c1-6-32(7-2)28(34)25-17(3)24(29(35)37-5)27(38-25)31-26(33)21-16-23(18-12-14-19(36-4)15-13-18)30-22-11-9-8-10-20(21)22/h8-16H,6-7H2,1-5H3,(H,31,33). The highest BCUT2D eigenvalue weighted by Gasteiger charge is 2.28. The van der Waals surface area contributed by atoms with Crippen molar-refractivity contribution in [3.05, 3.63) is 76.2 Å². The van der Waals surface area contributed by atoms with Crippen molar-refractivity contribution in [1.82, 2.24) is 9.88 Å². The van der Waals surface area contributed by atoms with Crippen LogP contribution in [0.3, 0.4) is 0 Å². The lowest BCUT2D eigenvalue weighted by atomic mass is 10.0. The van der Waals surface area contributed by atoms with E-state index in [2.05, 4.69) is 5.32 Å². The summed E-state index contributed by atoms with van der Waals surface area (Å²) in [4.78, 5) is 46.4. The van der Waals surface area contributed by atoms with Gasteiger partial charge >= 0.3 is 5.97 Å². The molecule has 1 N–H and O–H groups in total. The number of aromatic nitrogens is 1. The number of hydrogen-bond acceptors (Lipinski definition) is 7. The summed E-state index contributed by atoms with van der Waals surface area (Å²) in [6.45, 7) is 6.53. The number of nitrogens with one attached hydrogen (secondary N) is 1. The molecule has 0 spiro atoms. The molecule has 2 amide bonds. The fraction of sp³-hybridized carbons (Fsp3) is 0.241. The monoisotopic (exact) mass is 531 g/mol. The first-order valence-electron chi connectivity index (χ1n) is 12.2. The number of esters is 1. The number of amides is 2. The molecule has 9 heteroatoms. The Balaban J connectivity index is 1.79. The number of carbonyl (C=O) groups excluding carboxylic acids is 3. The largest absolute Gasteiger partial charge is 0.497 e. The van der Waals surface area contributed by atoms with Crippen LogP contribution in [0.5, 0.6) is 5.75 Å². The number of rotatable bonds is 8. The highest BCUT2D eigenvalue weighted by molar-refractivity contribution is 7.18. The van der Waals surface area contributed by atoms with Gasteiger partial charge in [-0.15, -0.1) is 11.3 Å². The molecule has 0 aliphatic rings. The summed E-state index contributed by atoms with van der Waals surface area (Å²) in [6, 6.07) is 16.5. The molecule has 4 aromatic rings. The molecule has 0 aliphatic heterocycles. The van der Waals surface area contributed by atoms with Gasteiger partial charge in [-0.1, -0.05) is 18.2 Å². The Morgan fingerprint density at radius 2 is 1.68 bits per heavy atom. The topological polar surface area (TPSA) is 97.8 Å². The normalized spacial score (nSPS) is 10.8. The molecule has 0 fully saturated rings. The average molecular weight is 532 g/mol. The minimum Gasteiger partial charge on any atom is -0.497 e. The van der Waals surface area contributed by atoms with Gasteiger partial charge in [-0.25, -0.2) is 9.78 Å². The number of methoxy groups -OCH3 is 2. The van der Waals surface area contributed by atoms with Crippen LogP contribution in [-0.4, -0.2) is 55.0 Å². The Bertz CT molecular complexity index is 1510. The van der Waals surface area contributed by atoms with Gasteiger partial charge in [-0.2, -0.15) is 0 Å². The van der Waals surface area contributed by atoms with Gasteiger partial charge in [-0.3, -0.25) is 9.59 Å². The molecule has 0 saturated carbocycles. The van der Waals surface area contributed by atoms with Crippen LogP contribution < -0.4 is 10.1 Å². The summed E-state index contributed by atoms with van der Waals surface area (Å²) < 4.78 is 10.2. The highest BCUT2D eigenvalue weighted by Crippen LogP contribution is 2.35. The summed E-state index contributed by atoms with van der Waals surface area (Å²) in [6.07, 6.45) is 0. The zero-order valence-corrected chi connectivity index (χ0v) is 22.8. The molecule has 0 aliphatic carbocycles. The smallest absolute Gasteiger partial charge is 0.341 e. The summed E-state index contributed by atoms with van der Waals surface area (Å²) in [5.74, 6) is -0.525. The zero-order chi connectivity index (χ0) is 27.4. The number of para-hydroxylation sites is 1. The van der Waals surface area contributed by atoms with Crippen molar-refractivity contribution in [3.63, 3.8) is 0 Å². The Morgan fingerprint density at radius 1 is 1.00 bits per heavy atom. The lowest BCUT2D eigenvalue weighted by molar-refractivity contribution is 0.0601. The van der Waals surface area contributed by atoms with Crippen LogP contribution in [0.2, 0.25) is 0 Å². The first kappa shape index (κ1) is 26.8. The van der Waals surface area contributed by atoms with Gasteiger partial charge in [0.05, 0.1) is 41.4 Å². The number of ether oxygens (including phenoxy) is 2. The summed E-state index contributed by atoms with van der Waals surface area (Å²) in [7, 11) is 2.87. The Labute approximate surface area is 225 Å². The fourth-order valence-electron chi connectivity index (χ4n) is 4.25. The molecule has 4 rings (SSSR count). The second kappa shape index (κ2) is 11.4. The maximum absolute atomic E-state index is 13.7. The molecule has 0 saturated heterocycles. The van der Waals surface area contributed by atoms with Crippen LogP contribution >= 0.6 is 11.3 Å². The third kappa shape index (κ3) is 5.10. The highest BCUT2D eigenvalue weighted by atomic mass is 32.1. The predicted molar refractivity (Wildman–Crippen MR) is 149 cm³/mol. The van der Waals surface area contributed by atoms with E-state index in [0.29, 0.717) is 51.4 Å². The van der Waals surface area contributed by atoms with Gasteiger partial charge in [0, 0.05) is 24.0 Å². The second-order valence-corrected chi connectivity index (χ2v) is 9.50. The van der Waals surface area contributed by atoms with E-state index in [4.69, 9.17) is 14.5 Å². The van der Waals surface area contributed by atoms with Gasteiger partial charge in [0.15, 0.2) is 0 Å². The van der Waals surface area contributed by atoms with Crippen molar-refractivity contribution in [2.75, 3.05) is 32.6 Å². The van der Waals surface area contributed by atoms with Crippen LogP contribution in [0.1, 0.15) is 49.8 Å². The van der Waals surface area contributed by atoms with E-state index in [1.54, 1.807) is 25.0 Å². The third-order valence-electron chi connectivity index (χ3n) is 6.35. The van der Waals surface area contributed by atoms with E-state index in [1.807, 2.05) is 62.4 Å². The van der Waals surface area contributed by atoms with E-state index in [-0.39, 0.29) is 16.5 Å². The number of hydrogen-bond donors (Lipinski definition) is 1. The molecular formula is C29H29N3O5S. The molecule has 2 aromatic carbocycles. The van der Waals surface area contributed by atoms with Gasteiger partial charge < -0.3 is 19.7 Å². The summed E-state index contributed by atoms with van der Waals surface area (Å²) in [5.41, 5.74) is 3.13. The SMILES string of the molecule is CCN(CC)C(=O)c1sc(NC(=O)c2cc(-c3ccc(OC)cc3)nc3ccccc23)c(C(=O)OC)c1C. The Morgan fingerprint density at radius 3 is 2.32 bits per heavy atom. The molecule has 2 heterocycles. The van der Waals surface area contributed by atoms with Crippen molar-refractivity contribution in [1.29, 1.82) is 0 Å². The summed E-state index contributed by atoms with van der Waals surface area (Å²) in [5, 5.41) is 3.81. The van der Waals surface area contributed by atoms with Crippen molar-refractivity contribution >= 4 is 45.0 Å². The lowest BCUT2D eigenvalue weighted by Crippen LogP contribution is -2.30. The first-order valence-corrected chi connectivity index (χ1v) is 13.0. The number of benzene rings is 2. The number of anilines is 1. The fourth-order valence-corrected chi connectivity index (χ4v) is 5.41. The quantitative estimate of drug-likeness (QED) is 0.289. The van der Waals surface area contributed by atoms with Crippen molar-refractivity contribution < 1.29 is 23.9 Å². The van der Waals surface area contributed by atoms with Crippen LogP contribution in [0.15, 0.2) is 54.6 Å². The minimum atomic E-state index is -0.619. The van der Waals surface area contributed by atoms with Crippen molar-refractivity contribution in [3.8, 4) is 17.0 Å². The van der Waals surface area contributed by atoms with Gasteiger partial charge in [0.25, 0.3) is 11.8 Å². The van der Waals surface area contributed by atoms with Crippen LogP contribution in [0.25, 0.3) is 22.2 Å².